The smallest absolute Gasteiger partial charge is 0.167 e. The SMILES string of the molecule is COc1ccc(-c2cc(-c3[nH]c4c(ccc5ccccc54)c3-c3ccccc3)no2)cc1. The van der Waals surface area contributed by atoms with Crippen LogP contribution >= 0.6 is 0 Å². The van der Waals surface area contributed by atoms with Gasteiger partial charge < -0.3 is 14.2 Å². The van der Waals surface area contributed by atoms with Crippen molar-refractivity contribution in [3.63, 3.8) is 0 Å². The van der Waals surface area contributed by atoms with Crippen LogP contribution in [0.1, 0.15) is 0 Å². The van der Waals surface area contributed by atoms with Gasteiger partial charge in [-0.3, -0.25) is 0 Å². The Labute approximate surface area is 185 Å². The summed E-state index contributed by atoms with van der Waals surface area (Å²) in [7, 11) is 1.66. The molecule has 4 heteroatoms. The van der Waals surface area contributed by atoms with Crippen molar-refractivity contribution >= 4 is 21.7 Å². The highest BCUT2D eigenvalue weighted by atomic mass is 16.5. The maximum absolute atomic E-state index is 5.74. The van der Waals surface area contributed by atoms with E-state index in [1.165, 1.54) is 16.2 Å². The van der Waals surface area contributed by atoms with E-state index in [4.69, 9.17) is 9.26 Å². The van der Waals surface area contributed by atoms with E-state index in [-0.39, 0.29) is 0 Å². The maximum Gasteiger partial charge on any atom is 0.167 e. The van der Waals surface area contributed by atoms with Gasteiger partial charge >= 0.3 is 0 Å². The van der Waals surface area contributed by atoms with Crippen molar-refractivity contribution in [1.82, 2.24) is 10.1 Å². The Bertz CT molecular complexity index is 1540. The standard InChI is InChI=1S/C28H20N2O2/c1-31-21-14-11-19(12-15-21)25-17-24(30-32-25)28-26(20-8-3-2-4-9-20)23-16-13-18-7-5-6-10-22(18)27(23)29-28/h2-17,29H,1H3. The number of hydrogen-bond acceptors (Lipinski definition) is 3. The molecule has 154 valence electrons. The highest BCUT2D eigenvalue weighted by molar-refractivity contribution is 6.14. The average molecular weight is 416 g/mol. The van der Waals surface area contributed by atoms with Crippen molar-refractivity contribution in [3.05, 3.63) is 97.1 Å². The van der Waals surface area contributed by atoms with E-state index >= 15 is 0 Å². The fourth-order valence-corrected chi connectivity index (χ4v) is 4.32. The van der Waals surface area contributed by atoms with Crippen LogP contribution in [0.15, 0.2) is 102 Å². The Morgan fingerprint density at radius 2 is 1.53 bits per heavy atom. The van der Waals surface area contributed by atoms with E-state index in [0.29, 0.717) is 5.76 Å². The lowest BCUT2D eigenvalue weighted by Crippen LogP contribution is -1.82. The van der Waals surface area contributed by atoms with Crippen molar-refractivity contribution in [1.29, 1.82) is 0 Å². The fourth-order valence-electron chi connectivity index (χ4n) is 4.32. The first-order valence-corrected chi connectivity index (χ1v) is 10.5. The molecule has 32 heavy (non-hydrogen) atoms. The van der Waals surface area contributed by atoms with Crippen LogP contribution in [-0.4, -0.2) is 17.3 Å². The van der Waals surface area contributed by atoms with Gasteiger partial charge in [-0.15, -0.1) is 0 Å². The maximum atomic E-state index is 5.74. The lowest BCUT2D eigenvalue weighted by atomic mass is 9.98. The average Bonchev–Trinajstić information content (AvgIpc) is 3.50. The van der Waals surface area contributed by atoms with E-state index in [1.54, 1.807) is 7.11 Å². The number of nitrogens with one attached hydrogen (secondary N) is 1. The molecule has 0 amide bonds. The molecule has 0 aliphatic rings. The van der Waals surface area contributed by atoms with Gasteiger partial charge in [0, 0.05) is 28.0 Å². The van der Waals surface area contributed by atoms with Crippen molar-refractivity contribution in [3.8, 4) is 39.6 Å². The molecule has 6 rings (SSSR count). The molecule has 1 N–H and O–H groups in total. The van der Waals surface area contributed by atoms with E-state index in [0.717, 1.165) is 39.3 Å². The second-order valence-electron chi connectivity index (χ2n) is 7.76. The molecule has 0 unspecified atom stereocenters. The van der Waals surface area contributed by atoms with E-state index < -0.39 is 0 Å². The summed E-state index contributed by atoms with van der Waals surface area (Å²) in [6, 6.07) is 33.0. The molecule has 6 aromatic rings. The number of fused-ring (bicyclic) bond motifs is 3. The first-order valence-electron chi connectivity index (χ1n) is 10.5. The summed E-state index contributed by atoms with van der Waals surface area (Å²) in [6.07, 6.45) is 0. The first-order chi connectivity index (χ1) is 15.8. The summed E-state index contributed by atoms with van der Waals surface area (Å²) >= 11 is 0. The monoisotopic (exact) mass is 416 g/mol. The second-order valence-corrected chi connectivity index (χ2v) is 7.76. The van der Waals surface area contributed by atoms with Gasteiger partial charge in [0.1, 0.15) is 11.4 Å². The molecule has 0 aliphatic heterocycles. The molecule has 0 radical (unpaired) electrons. The van der Waals surface area contributed by atoms with E-state index in [1.807, 2.05) is 36.4 Å². The molecule has 4 nitrogen and oxygen atoms in total. The molecule has 0 spiro atoms. The largest absolute Gasteiger partial charge is 0.497 e. The molecule has 4 aromatic carbocycles. The van der Waals surface area contributed by atoms with E-state index in [9.17, 15) is 0 Å². The fraction of sp³-hybridized carbons (Fsp3) is 0.0357. The first kappa shape index (κ1) is 18.5. The third kappa shape index (κ3) is 2.96. The van der Waals surface area contributed by atoms with Gasteiger partial charge in [-0.2, -0.15) is 0 Å². The third-order valence-corrected chi connectivity index (χ3v) is 5.90. The van der Waals surface area contributed by atoms with Gasteiger partial charge in [-0.05, 0) is 35.2 Å². The second kappa shape index (κ2) is 7.43. The Kier molecular flexibility index (Phi) is 4.29. The minimum atomic E-state index is 0.713. The number of benzene rings is 4. The molecule has 0 saturated carbocycles. The number of aromatic amines is 1. The van der Waals surface area contributed by atoms with Gasteiger partial charge in [0.25, 0.3) is 0 Å². The zero-order chi connectivity index (χ0) is 21.5. The molecular formula is C28H20N2O2. The van der Waals surface area contributed by atoms with Crippen LogP contribution in [0.3, 0.4) is 0 Å². The predicted octanol–water partition coefficient (Wildman–Crippen LogP) is 7.32. The highest BCUT2D eigenvalue weighted by Crippen LogP contribution is 2.41. The molecule has 2 aromatic heterocycles. The van der Waals surface area contributed by atoms with Gasteiger partial charge in [0.05, 0.1) is 18.3 Å². The van der Waals surface area contributed by atoms with Crippen LogP contribution in [0.4, 0.5) is 0 Å². The van der Waals surface area contributed by atoms with Gasteiger partial charge in [-0.25, -0.2) is 0 Å². The summed E-state index contributed by atoms with van der Waals surface area (Å²) in [6.45, 7) is 0. The van der Waals surface area contributed by atoms with Crippen LogP contribution in [0.2, 0.25) is 0 Å². The summed E-state index contributed by atoms with van der Waals surface area (Å²) in [5, 5.41) is 7.98. The molecular weight excluding hydrogens is 396 g/mol. The minimum Gasteiger partial charge on any atom is -0.497 e. The predicted molar refractivity (Wildman–Crippen MR) is 129 cm³/mol. The summed E-state index contributed by atoms with van der Waals surface area (Å²) in [5.41, 5.74) is 6.04. The molecule has 0 fully saturated rings. The third-order valence-electron chi connectivity index (χ3n) is 5.90. The van der Waals surface area contributed by atoms with E-state index in [2.05, 4.69) is 70.8 Å². The molecule has 0 bridgehead atoms. The zero-order valence-corrected chi connectivity index (χ0v) is 17.5. The molecule has 0 atom stereocenters. The Morgan fingerprint density at radius 1 is 0.750 bits per heavy atom. The summed E-state index contributed by atoms with van der Waals surface area (Å²) in [4.78, 5) is 3.66. The lowest BCUT2D eigenvalue weighted by Gasteiger charge is -2.03. The minimum absolute atomic E-state index is 0.713. The number of ether oxygens (including phenoxy) is 1. The van der Waals surface area contributed by atoms with Gasteiger partial charge in [0.15, 0.2) is 5.76 Å². The van der Waals surface area contributed by atoms with Crippen LogP contribution in [0, 0.1) is 0 Å². The zero-order valence-electron chi connectivity index (χ0n) is 17.5. The van der Waals surface area contributed by atoms with Crippen molar-refractivity contribution in [2.24, 2.45) is 0 Å². The molecule has 0 saturated heterocycles. The number of nitrogens with zero attached hydrogens (tertiary/aromatic N) is 1. The van der Waals surface area contributed by atoms with Crippen LogP contribution in [0.25, 0.3) is 55.5 Å². The Balaban J connectivity index is 1.57. The normalized spacial score (nSPS) is 11.3. The van der Waals surface area contributed by atoms with Crippen LogP contribution in [-0.2, 0) is 0 Å². The van der Waals surface area contributed by atoms with Gasteiger partial charge in [-0.1, -0.05) is 71.9 Å². The number of H-pyrrole nitrogens is 1. The Hall–Kier alpha value is -4.31. The Morgan fingerprint density at radius 3 is 2.34 bits per heavy atom. The molecule has 0 aliphatic carbocycles. The van der Waals surface area contributed by atoms with Crippen molar-refractivity contribution in [2.45, 2.75) is 0 Å². The molecule has 2 heterocycles. The highest BCUT2D eigenvalue weighted by Gasteiger charge is 2.19. The summed E-state index contributed by atoms with van der Waals surface area (Å²) < 4.78 is 11.0. The van der Waals surface area contributed by atoms with Crippen molar-refractivity contribution < 1.29 is 9.26 Å². The number of rotatable bonds is 4. The van der Waals surface area contributed by atoms with Crippen molar-refractivity contribution in [2.75, 3.05) is 7.11 Å². The number of hydrogen-bond donors (Lipinski definition) is 1. The van der Waals surface area contributed by atoms with Crippen LogP contribution < -0.4 is 4.74 Å². The van der Waals surface area contributed by atoms with Gasteiger partial charge in [0.2, 0.25) is 0 Å². The number of methoxy groups -OCH3 is 1. The van der Waals surface area contributed by atoms with Crippen LogP contribution in [0.5, 0.6) is 5.75 Å². The quantitative estimate of drug-likeness (QED) is 0.327. The number of aromatic nitrogens is 2. The lowest BCUT2D eigenvalue weighted by molar-refractivity contribution is 0.414. The topological polar surface area (TPSA) is 51.0 Å². The summed E-state index contributed by atoms with van der Waals surface area (Å²) in [5.74, 6) is 1.52.